The lowest BCUT2D eigenvalue weighted by atomic mass is 9.83. The predicted molar refractivity (Wildman–Crippen MR) is 410 cm³/mol. The fourth-order valence-electron chi connectivity index (χ4n) is 14.5. The summed E-state index contributed by atoms with van der Waals surface area (Å²) in [6.45, 7) is 5.73. The molecular weight excluding hydrogens is 1460 g/mol. The summed E-state index contributed by atoms with van der Waals surface area (Å²) >= 11 is 0. The molecule has 0 aliphatic carbocycles. The van der Waals surface area contributed by atoms with Crippen LogP contribution in [0.3, 0.4) is 0 Å². The van der Waals surface area contributed by atoms with Gasteiger partial charge in [-0.2, -0.15) is 0 Å². The first-order valence-corrected chi connectivity index (χ1v) is 41.9. The van der Waals surface area contributed by atoms with Crippen LogP contribution in [-0.4, -0.2) is 301 Å². The Labute approximate surface area is 663 Å². The molecular formula is C81H143N3O28. The van der Waals surface area contributed by atoms with Crippen LogP contribution in [0.4, 0.5) is 0 Å². The third kappa shape index (κ3) is 39.9. The zero-order valence-corrected chi connectivity index (χ0v) is 67.6. The summed E-state index contributed by atoms with van der Waals surface area (Å²) < 4.78 is 58.1. The average Bonchev–Trinajstić information content (AvgIpc) is 1.18. The van der Waals surface area contributed by atoms with Crippen LogP contribution < -0.4 is 10.6 Å². The second kappa shape index (κ2) is 58.8. The van der Waals surface area contributed by atoms with E-state index in [1.54, 1.807) is 32.8 Å². The van der Waals surface area contributed by atoms with Crippen molar-refractivity contribution in [2.75, 3.05) is 113 Å². The maximum Gasteiger partial charge on any atom is 0.222 e. The van der Waals surface area contributed by atoms with Crippen LogP contribution in [-0.2, 0) is 85.7 Å². The number of nitrogens with one attached hydrogen (secondary N) is 2. The number of Topliss-reactive ketones (excluding diaryl/α,β-unsaturated/α-hetero) is 5. The van der Waals surface area contributed by atoms with Gasteiger partial charge in [-0.3, -0.25) is 38.4 Å². The Balaban J connectivity index is 1.27. The van der Waals surface area contributed by atoms with Crippen molar-refractivity contribution >= 4 is 46.6 Å². The number of methoxy groups -OCH3 is 1. The van der Waals surface area contributed by atoms with E-state index in [-0.39, 0.29) is 170 Å². The summed E-state index contributed by atoms with van der Waals surface area (Å²) in [7, 11) is 1.59. The Kier molecular flexibility index (Phi) is 52.6. The number of aliphatic hydroxyl groups is 10. The van der Waals surface area contributed by atoms with E-state index in [1.807, 2.05) is 0 Å². The van der Waals surface area contributed by atoms with Gasteiger partial charge in [-0.25, -0.2) is 0 Å². The van der Waals surface area contributed by atoms with Gasteiger partial charge in [0.25, 0.3) is 0 Å². The molecule has 650 valence electrons. The van der Waals surface area contributed by atoms with Crippen molar-refractivity contribution in [3.8, 4) is 0 Å². The molecule has 0 radical (unpaired) electrons. The second-order valence-electron chi connectivity index (χ2n) is 31.5. The first-order chi connectivity index (χ1) is 53.9. The van der Waals surface area contributed by atoms with Crippen molar-refractivity contribution in [1.82, 2.24) is 15.5 Å². The van der Waals surface area contributed by atoms with Gasteiger partial charge in [0, 0.05) is 153 Å². The molecule has 0 aromatic rings. The molecule has 0 saturated carbocycles. The monoisotopic (exact) mass is 1610 g/mol. The molecule has 112 heavy (non-hydrogen) atoms. The number of β-amino-alcohol motifs (C(OH)–C–C–N with tert-alkyl or cyclic N) is 1. The number of carbonyl (C=O) groups is 8. The Morgan fingerprint density at radius 1 is 0.384 bits per heavy atom. The molecule has 0 spiro atoms. The van der Waals surface area contributed by atoms with Gasteiger partial charge in [0.1, 0.15) is 65.5 Å². The van der Waals surface area contributed by atoms with Crippen LogP contribution in [0.25, 0.3) is 0 Å². The molecule has 15 unspecified atom stereocenters. The summed E-state index contributed by atoms with van der Waals surface area (Å²) in [5.41, 5.74) is -1.08. The minimum absolute atomic E-state index is 0.00716. The van der Waals surface area contributed by atoms with Crippen molar-refractivity contribution in [2.45, 2.75) is 331 Å². The highest BCUT2D eigenvalue weighted by Gasteiger charge is 2.45. The molecule has 0 bridgehead atoms. The van der Waals surface area contributed by atoms with E-state index in [9.17, 15) is 89.4 Å². The molecule has 4 fully saturated rings. The normalized spacial score (nSPS) is 26.6. The first kappa shape index (κ1) is 100. The number of ether oxygens (including phenoxy) is 10. The lowest BCUT2D eigenvalue weighted by molar-refractivity contribution is -0.282. The van der Waals surface area contributed by atoms with E-state index in [1.165, 1.54) is 0 Å². The fraction of sp³-hybridized carbons (Fsp3) is 0.901. The molecule has 3 amide bonds. The van der Waals surface area contributed by atoms with Crippen LogP contribution in [0.1, 0.15) is 245 Å². The van der Waals surface area contributed by atoms with Crippen molar-refractivity contribution in [3.63, 3.8) is 0 Å². The molecule has 31 nitrogen and oxygen atoms in total. The minimum Gasteiger partial charge on any atom is -0.394 e. The molecule has 4 aliphatic heterocycles. The quantitative estimate of drug-likeness (QED) is 0.0379. The van der Waals surface area contributed by atoms with Gasteiger partial charge in [0.15, 0.2) is 18.9 Å². The third-order valence-electron chi connectivity index (χ3n) is 21.7. The summed E-state index contributed by atoms with van der Waals surface area (Å²) in [6, 6.07) is -0.103. The van der Waals surface area contributed by atoms with Crippen LogP contribution in [0.5, 0.6) is 0 Å². The van der Waals surface area contributed by atoms with Crippen molar-refractivity contribution in [2.24, 2.45) is 23.2 Å². The van der Waals surface area contributed by atoms with Crippen LogP contribution >= 0.6 is 0 Å². The average molecular weight is 1610 g/mol. The van der Waals surface area contributed by atoms with Gasteiger partial charge in [-0.15, -0.1) is 0 Å². The van der Waals surface area contributed by atoms with E-state index in [0.29, 0.717) is 148 Å². The Morgan fingerprint density at radius 3 is 1.09 bits per heavy atom. The SMILES string of the molecule is COC[C@@H]1C[C@@H](O)CN1C(=O)CCCCCCCCCCC(=O)CC(COCCC(=O)CCCCCC(=O)CCCCOC1OC(CO)C(O)C(O)C1C)(COCCC(=O)CCCCCC(=O)CCCCOC1OC(CO)C(O)C(O)C1C)COCCC(=O)NCCCNC(=O)CCCCOC1OC(CO)C(O)C(O)C1C. The minimum atomic E-state index is -1.23. The van der Waals surface area contributed by atoms with E-state index >= 15 is 0 Å². The highest BCUT2D eigenvalue weighted by molar-refractivity contribution is 5.81. The maximum atomic E-state index is 14.1. The number of likely N-dealkylation sites (tertiary alicyclic amines) is 1. The standard InChI is InChI=1S/C81H143N3O28/c1-56-72(97)75(100)66(49-85)110-78(56)107-40-22-19-30-60(88)26-14-11-16-28-62(90)35-43-104-53-81(47-64(92)32-13-9-7-5-6-8-10-18-34-71(96)84-48-65(93)46-59(84)52-103-4,54-105-44-36-63(91)29-17-12-15-27-61(89)31-20-23-41-108-79-57(2)73(98)76(101)67(50-86)111-79)55-106-45-37-70(95)83-39-25-38-82-69(94)33-21-24-42-109-80-58(3)74(99)77(102)68(51-87)112-80/h56-59,65-68,72-80,85-87,93,97-102H,5-55H2,1-4H3,(H,82,94)(H,83,95)/t56?,57?,58?,59-,65+,66?,67?,68?,72?,73?,74?,75?,76?,77?,78?,79?,80?,81?/m0/s1. The van der Waals surface area contributed by atoms with Crippen molar-refractivity contribution in [1.29, 1.82) is 0 Å². The molecule has 12 N–H and O–H groups in total. The number of aliphatic hydroxyl groups excluding tert-OH is 10. The number of amides is 3. The summed E-state index contributed by atoms with van der Waals surface area (Å²) in [6.07, 6.45) is 5.41. The molecule has 31 heteroatoms. The largest absolute Gasteiger partial charge is 0.394 e. The Hall–Kier alpha value is -4.04. The number of hydrogen-bond acceptors (Lipinski definition) is 28. The topological polar surface area (TPSA) is 458 Å². The van der Waals surface area contributed by atoms with Crippen molar-refractivity contribution in [3.05, 3.63) is 0 Å². The molecule has 0 aromatic carbocycles. The van der Waals surface area contributed by atoms with E-state index < -0.39 is 123 Å². The summed E-state index contributed by atoms with van der Waals surface area (Å²) in [5.74, 6) is -1.88. The van der Waals surface area contributed by atoms with Gasteiger partial charge in [0.2, 0.25) is 17.7 Å². The third-order valence-corrected chi connectivity index (χ3v) is 21.7. The molecule has 0 aromatic heterocycles. The Morgan fingerprint density at radius 2 is 0.705 bits per heavy atom. The van der Waals surface area contributed by atoms with Crippen LogP contribution in [0.2, 0.25) is 0 Å². The number of carbonyl (C=O) groups excluding carboxylic acids is 8. The van der Waals surface area contributed by atoms with E-state index in [4.69, 9.17) is 47.4 Å². The highest BCUT2D eigenvalue weighted by Crippen LogP contribution is 2.32. The van der Waals surface area contributed by atoms with Crippen molar-refractivity contribution < 1.29 is 137 Å². The van der Waals surface area contributed by atoms with E-state index in [0.717, 1.165) is 44.9 Å². The van der Waals surface area contributed by atoms with Crippen LogP contribution in [0.15, 0.2) is 0 Å². The molecule has 4 rings (SSSR count). The smallest absolute Gasteiger partial charge is 0.222 e. The maximum absolute atomic E-state index is 14.1. The second-order valence-corrected chi connectivity index (χ2v) is 31.5. The molecule has 4 saturated heterocycles. The van der Waals surface area contributed by atoms with Gasteiger partial charge in [-0.05, 0) is 89.9 Å². The number of nitrogens with zero attached hydrogens (tertiary/aromatic N) is 1. The first-order valence-electron chi connectivity index (χ1n) is 41.9. The molecule has 17 atom stereocenters. The highest BCUT2D eigenvalue weighted by atomic mass is 16.7. The predicted octanol–water partition coefficient (Wildman–Crippen LogP) is 4.25. The fourth-order valence-corrected chi connectivity index (χ4v) is 14.5. The van der Waals surface area contributed by atoms with Gasteiger partial charge >= 0.3 is 0 Å². The Bertz CT molecular complexity index is 2390. The number of ketones is 5. The summed E-state index contributed by atoms with van der Waals surface area (Å²) in [5, 5.41) is 106. The van der Waals surface area contributed by atoms with E-state index in [2.05, 4.69) is 10.6 Å². The van der Waals surface area contributed by atoms with Gasteiger partial charge in [0.05, 0.1) is 96.5 Å². The summed E-state index contributed by atoms with van der Waals surface area (Å²) in [4.78, 5) is 106. The molecule has 4 heterocycles. The number of hydrogen-bond donors (Lipinski definition) is 12. The zero-order chi connectivity index (χ0) is 82.1. The van der Waals surface area contributed by atoms with Crippen LogP contribution in [0, 0.1) is 23.2 Å². The number of rotatable bonds is 67. The lowest BCUT2D eigenvalue weighted by Gasteiger charge is -2.40. The zero-order valence-electron chi connectivity index (χ0n) is 67.6. The van der Waals surface area contributed by atoms with Gasteiger partial charge < -0.3 is 114 Å². The lowest BCUT2D eigenvalue weighted by Crippen LogP contribution is -2.55. The number of unbranched alkanes of at least 4 members (excludes halogenated alkanes) is 14. The van der Waals surface area contributed by atoms with Gasteiger partial charge in [-0.1, -0.05) is 72.1 Å². The molecule has 4 aliphatic rings.